The van der Waals surface area contributed by atoms with Crippen LogP contribution in [0.25, 0.3) is 0 Å². The summed E-state index contributed by atoms with van der Waals surface area (Å²) in [5.41, 5.74) is 1.17. The summed E-state index contributed by atoms with van der Waals surface area (Å²) < 4.78 is 4.91. The molecule has 0 saturated heterocycles. The van der Waals surface area contributed by atoms with Gasteiger partial charge < -0.3 is 15.4 Å². The lowest BCUT2D eigenvalue weighted by molar-refractivity contribution is -0.119. The fraction of sp³-hybridized carbons (Fsp3) is 0.438. The van der Waals surface area contributed by atoms with Crippen molar-refractivity contribution in [3.8, 4) is 0 Å². The normalized spacial score (nSPS) is 9.91. The number of ether oxygens (including phenoxy) is 1. The van der Waals surface area contributed by atoms with E-state index in [2.05, 4.69) is 17.6 Å². The zero-order valence-electron chi connectivity index (χ0n) is 13.0. The molecule has 0 unspecified atom stereocenters. The van der Waals surface area contributed by atoms with Crippen LogP contribution >= 0.6 is 12.2 Å². The number of benzene rings is 1. The van der Waals surface area contributed by atoms with Crippen molar-refractivity contribution in [2.24, 2.45) is 0 Å². The standard InChI is InChI=1S/C16H22N2O3S/c1-3-5-6-7-14(19)18-16(22)17-13-10-8-12(9-11-13)15(20)21-4-2/h8-11H,3-7H2,1-2H3,(H2,17,18,19,22). The van der Waals surface area contributed by atoms with Gasteiger partial charge in [-0.05, 0) is 49.8 Å². The van der Waals surface area contributed by atoms with Crippen molar-refractivity contribution in [2.45, 2.75) is 39.5 Å². The molecule has 1 aromatic carbocycles. The summed E-state index contributed by atoms with van der Waals surface area (Å²) in [6.07, 6.45) is 3.43. The molecule has 0 aliphatic heterocycles. The molecule has 1 aromatic rings. The minimum atomic E-state index is -0.360. The number of thiocarbonyl (C=S) groups is 1. The Morgan fingerprint density at radius 2 is 1.82 bits per heavy atom. The number of unbranched alkanes of at least 4 members (excludes halogenated alkanes) is 2. The van der Waals surface area contributed by atoms with Gasteiger partial charge >= 0.3 is 5.97 Å². The number of hydrogen-bond donors (Lipinski definition) is 2. The van der Waals surface area contributed by atoms with Crippen LogP contribution in [0.3, 0.4) is 0 Å². The average molecular weight is 322 g/mol. The predicted molar refractivity (Wildman–Crippen MR) is 90.9 cm³/mol. The van der Waals surface area contributed by atoms with E-state index in [1.807, 2.05) is 0 Å². The molecule has 5 nitrogen and oxygen atoms in total. The van der Waals surface area contributed by atoms with Gasteiger partial charge in [0.1, 0.15) is 0 Å². The van der Waals surface area contributed by atoms with Crippen LogP contribution in [0.5, 0.6) is 0 Å². The molecule has 0 heterocycles. The van der Waals surface area contributed by atoms with Crippen molar-refractivity contribution in [1.29, 1.82) is 0 Å². The first-order valence-electron chi connectivity index (χ1n) is 7.44. The van der Waals surface area contributed by atoms with Crippen molar-refractivity contribution in [1.82, 2.24) is 5.32 Å². The third kappa shape index (κ3) is 6.67. The van der Waals surface area contributed by atoms with E-state index in [1.54, 1.807) is 31.2 Å². The summed E-state index contributed by atoms with van der Waals surface area (Å²) in [4.78, 5) is 23.2. The quantitative estimate of drug-likeness (QED) is 0.458. The maximum atomic E-state index is 11.6. The maximum Gasteiger partial charge on any atom is 0.338 e. The molecule has 0 aliphatic rings. The van der Waals surface area contributed by atoms with Crippen molar-refractivity contribution in [3.05, 3.63) is 29.8 Å². The molecule has 6 heteroatoms. The fourth-order valence-electron chi connectivity index (χ4n) is 1.79. The molecule has 0 spiro atoms. The summed E-state index contributed by atoms with van der Waals surface area (Å²) in [7, 11) is 0. The van der Waals surface area contributed by atoms with Gasteiger partial charge in [-0.1, -0.05) is 19.8 Å². The summed E-state index contributed by atoms with van der Waals surface area (Å²) in [5, 5.41) is 5.80. The Morgan fingerprint density at radius 1 is 1.14 bits per heavy atom. The average Bonchev–Trinajstić information content (AvgIpc) is 2.48. The molecule has 1 rings (SSSR count). The first kappa shape index (κ1) is 18.1. The summed E-state index contributed by atoms with van der Waals surface area (Å²) >= 11 is 5.08. The van der Waals surface area contributed by atoms with E-state index in [1.165, 1.54) is 0 Å². The molecule has 120 valence electrons. The van der Waals surface area contributed by atoms with E-state index >= 15 is 0 Å². The molecule has 0 aliphatic carbocycles. The van der Waals surface area contributed by atoms with Crippen molar-refractivity contribution in [2.75, 3.05) is 11.9 Å². The highest BCUT2D eigenvalue weighted by molar-refractivity contribution is 7.80. The van der Waals surface area contributed by atoms with Crippen LogP contribution in [0.4, 0.5) is 5.69 Å². The zero-order valence-corrected chi connectivity index (χ0v) is 13.8. The highest BCUT2D eigenvalue weighted by Crippen LogP contribution is 2.10. The third-order valence-corrected chi connectivity index (χ3v) is 3.12. The van der Waals surface area contributed by atoms with Gasteiger partial charge in [0.05, 0.1) is 12.2 Å². The fourth-order valence-corrected chi connectivity index (χ4v) is 2.02. The minimum absolute atomic E-state index is 0.0888. The highest BCUT2D eigenvalue weighted by Gasteiger charge is 2.07. The first-order valence-corrected chi connectivity index (χ1v) is 7.85. The van der Waals surface area contributed by atoms with Gasteiger partial charge in [-0.25, -0.2) is 4.79 Å². The van der Waals surface area contributed by atoms with Gasteiger partial charge in [0.25, 0.3) is 0 Å². The SMILES string of the molecule is CCCCCC(=O)NC(=S)Nc1ccc(C(=O)OCC)cc1. The zero-order chi connectivity index (χ0) is 16.4. The molecule has 1 amide bonds. The monoisotopic (exact) mass is 322 g/mol. The second-order valence-electron chi connectivity index (χ2n) is 4.76. The van der Waals surface area contributed by atoms with Gasteiger partial charge in [0.15, 0.2) is 5.11 Å². The number of amides is 1. The Bertz CT molecular complexity index is 515. The second kappa shape index (κ2) is 9.89. The Hall–Kier alpha value is -1.95. The number of rotatable bonds is 7. The smallest absolute Gasteiger partial charge is 0.338 e. The Labute approximate surface area is 136 Å². The van der Waals surface area contributed by atoms with Crippen LogP contribution in [-0.2, 0) is 9.53 Å². The minimum Gasteiger partial charge on any atom is -0.462 e. The molecule has 0 aromatic heterocycles. The van der Waals surface area contributed by atoms with Gasteiger partial charge in [-0.3, -0.25) is 4.79 Å². The van der Waals surface area contributed by atoms with Crippen molar-refractivity contribution < 1.29 is 14.3 Å². The van der Waals surface area contributed by atoms with E-state index in [-0.39, 0.29) is 17.0 Å². The Kier molecular flexibility index (Phi) is 8.14. The lowest BCUT2D eigenvalue weighted by atomic mass is 10.2. The molecule has 22 heavy (non-hydrogen) atoms. The van der Waals surface area contributed by atoms with Crippen molar-refractivity contribution in [3.63, 3.8) is 0 Å². The first-order chi connectivity index (χ1) is 10.6. The van der Waals surface area contributed by atoms with E-state index in [0.29, 0.717) is 24.3 Å². The predicted octanol–water partition coefficient (Wildman–Crippen LogP) is 3.26. The Balaban J connectivity index is 2.44. The molecule has 0 bridgehead atoms. The van der Waals surface area contributed by atoms with E-state index in [4.69, 9.17) is 17.0 Å². The lowest BCUT2D eigenvalue weighted by Crippen LogP contribution is -2.33. The van der Waals surface area contributed by atoms with Gasteiger partial charge in [-0.2, -0.15) is 0 Å². The summed E-state index contributed by atoms with van der Waals surface area (Å²) in [5.74, 6) is -0.449. The van der Waals surface area contributed by atoms with Crippen LogP contribution in [0.1, 0.15) is 49.9 Å². The van der Waals surface area contributed by atoms with E-state index < -0.39 is 0 Å². The number of anilines is 1. The lowest BCUT2D eigenvalue weighted by Gasteiger charge is -2.10. The number of esters is 1. The second-order valence-corrected chi connectivity index (χ2v) is 5.17. The number of carbonyl (C=O) groups is 2. The van der Waals surface area contributed by atoms with E-state index in [9.17, 15) is 9.59 Å². The Morgan fingerprint density at radius 3 is 2.41 bits per heavy atom. The molecule has 0 fully saturated rings. The van der Waals surface area contributed by atoms with Crippen molar-refractivity contribution >= 4 is 34.9 Å². The van der Waals surface area contributed by atoms with Gasteiger partial charge in [-0.15, -0.1) is 0 Å². The summed E-state index contributed by atoms with van der Waals surface area (Å²) in [6, 6.07) is 6.71. The molecule has 0 saturated carbocycles. The van der Waals surface area contributed by atoms with Crippen LogP contribution in [-0.4, -0.2) is 23.6 Å². The highest BCUT2D eigenvalue weighted by atomic mass is 32.1. The molecular weight excluding hydrogens is 300 g/mol. The molecule has 0 atom stereocenters. The van der Waals surface area contributed by atoms with Crippen LogP contribution < -0.4 is 10.6 Å². The van der Waals surface area contributed by atoms with Gasteiger partial charge in [0.2, 0.25) is 5.91 Å². The topological polar surface area (TPSA) is 67.4 Å². The molecule has 2 N–H and O–H groups in total. The van der Waals surface area contributed by atoms with E-state index in [0.717, 1.165) is 19.3 Å². The maximum absolute atomic E-state index is 11.6. The van der Waals surface area contributed by atoms with Crippen LogP contribution in [0.2, 0.25) is 0 Å². The largest absolute Gasteiger partial charge is 0.462 e. The van der Waals surface area contributed by atoms with Crippen LogP contribution in [0, 0.1) is 0 Å². The molecular formula is C16H22N2O3S. The number of hydrogen-bond acceptors (Lipinski definition) is 4. The molecule has 0 radical (unpaired) electrons. The number of nitrogens with one attached hydrogen (secondary N) is 2. The summed E-state index contributed by atoms with van der Waals surface area (Å²) in [6.45, 7) is 4.19. The third-order valence-electron chi connectivity index (χ3n) is 2.91. The van der Waals surface area contributed by atoms with Crippen LogP contribution in [0.15, 0.2) is 24.3 Å². The number of carbonyl (C=O) groups excluding carboxylic acids is 2. The van der Waals surface area contributed by atoms with Gasteiger partial charge in [0, 0.05) is 12.1 Å².